The first-order valence-electron chi connectivity index (χ1n) is 7.98. The lowest BCUT2D eigenvalue weighted by molar-refractivity contribution is 0.195. The van der Waals surface area contributed by atoms with Gasteiger partial charge in [-0.15, -0.1) is 6.58 Å². The number of allylic oxidation sites excluding steroid dienone is 1. The Hall–Kier alpha value is -2.21. The summed E-state index contributed by atoms with van der Waals surface area (Å²) in [5, 5.41) is 6.55. The molecule has 1 rings (SSSR count). The average Bonchev–Trinajstić information content (AvgIpc) is 2.61. The third-order valence-electron chi connectivity index (χ3n) is 3.48. The van der Waals surface area contributed by atoms with Crippen LogP contribution in [0.15, 0.2) is 29.8 Å². The van der Waals surface area contributed by atoms with Gasteiger partial charge in [0.05, 0.1) is 14.2 Å². The van der Waals surface area contributed by atoms with Crippen molar-refractivity contribution in [1.82, 2.24) is 10.6 Å². The molecule has 1 aromatic rings. The monoisotopic (exact) mass is 335 g/mol. The van der Waals surface area contributed by atoms with Crippen LogP contribution in [0.3, 0.4) is 0 Å². The van der Waals surface area contributed by atoms with E-state index in [1.54, 1.807) is 28.4 Å². The van der Waals surface area contributed by atoms with Crippen LogP contribution in [0.25, 0.3) is 0 Å². The van der Waals surface area contributed by atoms with Crippen molar-refractivity contribution in [2.75, 3.05) is 41.5 Å². The summed E-state index contributed by atoms with van der Waals surface area (Å²) >= 11 is 0. The van der Waals surface area contributed by atoms with E-state index in [0.29, 0.717) is 6.54 Å². The lowest BCUT2D eigenvalue weighted by Crippen LogP contribution is -2.37. The van der Waals surface area contributed by atoms with Gasteiger partial charge in [-0.3, -0.25) is 4.99 Å². The predicted molar refractivity (Wildman–Crippen MR) is 98.1 cm³/mol. The molecule has 0 amide bonds. The zero-order valence-corrected chi connectivity index (χ0v) is 15.1. The second-order valence-electron chi connectivity index (χ2n) is 5.18. The largest absolute Gasteiger partial charge is 0.493 e. The molecule has 0 bridgehead atoms. The zero-order chi connectivity index (χ0) is 17.8. The number of methoxy groups -OCH3 is 3. The van der Waals surface area contributed by atoms with Crippen LogP contribution in [0.4, 0.5) is 0 Å². The Balaban J connectivity index is 2.75. The van der Waals surface area contributed by atoms with Gasteiger partial charge in [-0.25, -0.2) is 0 Å². The summed E-state index contributed by atoms with van der Waals surface area (Å²) in [4.78, 5) is 4.22. The van der Waals surface area contributed by atoms with Crippen molar-refractivity contribution in [1.29, 1.82) is 0 Å². The van der Waals surface area contributed by atoms with Crippen LogP contribution in [0.2, 0.25) is 0 Å². The number of hydrogen-bond acceptors (Lipinski definition) is 4. The number of aliphatic imine (C=N–C) groups is 1. The van der Waals surface area contributed by atoms with E-state index in [-0.39, 0.29) is 0 Å². The molecule has 0 atom stereocenters. The highest BCUT2D eigenvalue weighted by Gasteiger charge is 2.11. The predicted octanol–water partition coefficient (Wildman–Crippen LogP) is 2.13. The Morgan fingerprint density at radius 3 is 2.58 bits per heavy atom. The van der Waals surface area contributed by atoms with E-state index < -0.39 is 0 Å². The number of benzene rings is 1. The summed E-state index contributed by atoms with van der Waals surface area (Å²) < 4.78 is 15.9. The molecule has 0 unspecified atom stereocenters. The summed E-state index contributed by atoms with van der Waals surface area (Å²) in [5.41, 5.74) is 2.14. The van der Waals surface area contributed by atoms with Crippen molar-refractivity contribution >= 4 is 5.96 Å². The van der Waals surface area contributed by atoms with Gasteiger partial charge in [0.1, 0.15) is 0 Å². The maximum atomic E-state index is 5.46. The molecule has 0 fully saturated rings. The van der Waals surface area contributed by atoms with Crippen LogP contribution < -0.4 is 20.1 Å². The molecule has 0 saturated carbocycles. The van der Waals surface area contributed by atoms with E-state index in [1.165, 1.54) is 0 Å². The fraction of sp³-hybridized carbons (Fsp3) is 0.500. The van der Waals surface area contributed by atoms with Crippen LogP contribution in [-0.4, -0.2) is 47.5 Å². The third kappa shape index (κ3) is 6.12. The van der Waals surface area contributed by atoms with E-state index in [1.807, 2.05) is 12.1 Å². The first-order valence-corrected chi connectivity index (χ1v) is 7.98. The highest BCUT2D eigenvalue weighted by Crippen LogP contribution is 2.33. The van der Waals surface area contributed by atoms with Crippen molar-refractivity contribution in [2.24, 2.45) is 4.99 Å². The maximum absolute atomic E-state index is 5.46. The standard InChI is InChI=1S/C18H29N3O3/c1-6-8-15-11-14(12-16(23-4)17(15)24-5)13-21-18(19-2)20-9-7-10-22-3/h6,11-12H,1,7-10,13H2,2-5H3,(H2,19,20,21). The molecule has 0 radical (unpaired) electrons. The van der Waals surface area contributed by atoms with Crippen molar-refractivity contribution in [3.8, 4) is 11.5 Å². The summed E-state index contributed by atoms with van der Waals surface area (Å²) in [5.74, 6) is 2.23. The second-order valence-corrected chi connectivity index (χ2v) is 5.18. The Morgan fingerprint density at radius 2 is 2.00 bits per heavy atom. The Bertz CT molecular complexity index is 545. The van der Waals surface area contributed by atoms with Gasteiger partial charge in [-0.1, -0.05) is 6.08 Å². The molecular formula is C18H29N3O3. The van der Waals surface area contributed by atoms with Gasteiger partial charge < -0.3 is 24.8 Å². The molecule has 0 aliphatic carbocycles. The molecule has 0 aromatic heterocycles. The molecule has 2 N–H and O–H groups in total. The SMILES string of the molecule is C=CCc1cc(CNC(=NC)NCCCOC)cc(OC)c1OC. The Morgan fingerprint density at radius 1 is 1.21 bits per heavy atom. The van der Waals surface area contributed by atoms with E-state index >= 15 is 0 Å². The molecule has 0 saturated heterocycles. The number of nitrogens with one attached hydrogen (secondary N) is 2. The highest BCUT2D eigenvalue weighted by atomic mass is 16.5. The van der Waals surface area contributed by atoms with Crippen LogP contribution in [0.1, 0.15) is 17.5 Å². The molecule has 6 nitrogen and oxygen atoms in total. The number of guanidine groups is 1. The Kier molecular flexibility index (Phi) is 9.38. The summed E-state index contributed by atoms with van der Waals surface area (Å²) in [6.07, 6.45) is 3.50. The number of nitrogens with zero attached hydrogens (tertiary/aromatic N) is 1. The van der Waals surface area contributed by atoms with Crippen LogP contribution in [-0.2, 0) is 17.7 Å². The van der Waals surface area contributed by atoms with Gasteiger partial charge in [0.2, 0.25) is 0 Å². The maximum Gasteiger partial charge on any atom is 0.191 e. The summed E-state index contributed by atoms with van der Waals surface area (Å²) in [6, 6.07) is 4.06. The number of hydrogen-bond donors (Lipinski definition) is 2. The van der Waals surface area contributed by atoms with Gasteiger partial charge in [0.25, 0.3) is 0 Å². The van der Waals surface area contributed by atoms with Crippen LogP contribution in [0.5, 0.6) is 11.5 Å². The van der Waals surface area contributed by atoms with Gasteiger partial charge in [0, 0.05) is 39.4 Å². The van der Waals surface area contributed by atoms with Crippen LogP contribution in [0, 0.1) is 0 Å². The first-order chi connectivity index (χ1) is 11.7. The van der Waals surface area contributed by atoms with Gasteiger partial charge in [-0.2, -0.15) is 0 Å². The van der Waals surface area contributed by atoms with Gasteiger partial charge >= 0.3 is 0 Å². The van der Waals surface area contributed by atoms with E-state index in [9.17, 15) is 0 Å². The topological polar surface area (TPSA) is 64.1 Å². The quantitative estimate of drug-likeness (QED) is 0.297. The average molecular weight is 335 g/mol. The van der Waals surface area contributed by atoms with Crippen molar-refractivity contribution in [2.45, 2.75) is 19.4 Å². The molecule has 134 valence electrons. The zero-order valence-electron chi connectivity index (χ0n) is 15.1. The molecule has 0 aliphatic rings. The van der Waals surface area contributed by atoms with Crippen molar-refractivity contribution in [3.63, 3.8) is 0 Å². The molecular weight excluding hydrogens is 306 g/mol. The van der Waals surface area contributed by atoms with E-state index in [0.717, 1.165) is 54.6 Å². The molecule has 24 heavy (non-hydrogen) atoms. The lowest BCUT2D eigenvalue weighted by atomic mass is 10.1. The Labute approximate surface area is 144 Å². The minimum atomic E-state index is 0.633. The van der Waals surface area contributed by atoms with Crippen molar-refractivity contribution < 1.29 is 14.2 Å². The van der Waals surface area contributed by atoms with Crippen molar-refractivity contribution in [3.05, 3.63) is 35.9 Å². The molecule has 0 aliphatic heterocycles. The minimum absolute atomic E-state index is 0.633. The first kappa shape index (κ1) is 19.8. The molecule has 0 spiro atoms. The number of ether oxygens (including phenoxy) is 3. The highest BCUT2D eigenvalue weighted by molar-refractivity contribution is 5.79. The summed E-state index contributed by atoms with van der Waals surface area (Å²) in [7, 11) is 6.74. The fourth-order valence-corrected chi connectivity index (χ4v) is 2.35. The molecule has 0 heterocycles. The third-order valence-corrected chi connectivity index (χ3v) is 3.48. The molecule has 1 aromatic carbocycles. The lowest BCUT2D eigenvalue weighted by Gasteiger charge is -2.16. The van der Waals surface area contributed by atoms with Gasteiger partial charge in [-0.05, 0) is 30.5 Å². The van der Waals surface area contributed by atoms with Crippen LogP contribution >= 0.6 is 0 Å². The summed E-state index contributed by atoms with van der Waals surface area (Å²) in [6.45, 7) is 5.97. The minimum Gasteiger partial charge on any atom is -0.493 e. The van der Waals surface area contributed by atoms with E-state index in [2.05, 4.69) is 28.3 Å². The van der Waals surface area contributed by atoms with Gasteiger partial charge in [0.15, 0.2) is 17.5 Å². The number of rotatable bonds is 10. The molecule has 6 heteroatoms. The second kappa shape index (κ2) is 11.3. The smallest absolute Gasteiger partial charge is 0.191 e. The van der Waals surface area contributed by atoms with E-state index in [4.69, 9.17) is 14.2 Å². The normalized spacial score (nSPS) is 11.1. The fourth-order valence-electron chi connectivity index (χ4n) is 2.35.